The highest BCUT2D eigenvalue weighted by molar-refractivity contribution is 7.92. The molecule has 0 spiro atoms. The van der Waals surface area contributed by atoms with Gasteiger partial charge in [-0.3, -0.25) is 4.79 Å². The van der Waals surface area contributed by atoms with Gasteiger partial charge in [-0.05, 0) is 82.9 Å². The number of sulfone groups is 1. The second kappa shape index (κ2) is 11.7. The van der Waals surface area contributed by atoms with Gasteiger partial charge in [0.2, 0.25) is 0 Å². The number of ketones is 1. The SMILES string of the molecule is CCC(F)(F)c1cccc(S(=O)(=O)C(C)(C)C2CC(C(=O)CCCC3=C(C)CCC=C(C(F)(F)F)C=C3)C2)c1. The number of benzene rings is 1. The zero-order valence-electron chi connectivity index (χ0n) is 22.9. The van der Waals surface area contributed by atoms with Crippen LogP contribution in [0.1, 0.15) is 84.6 Å². The van der Waals surface area contributed by atoms with E-state index in [9.17, 15) is 35.2 Å². The molecule has 216 valence electrons. The maximum Gasteiger partial charge on any atom is 0.416 e. The summed E-state index contributed by atoms with van der Waals surface area (Å²) in [5.41, 5.74) is 0.825. The Hall–Kier alpha value is -2.29. The maximum absolute atomic E-state index is 14.2. The fraction of sp³-hybridized carbons (Fsp3) is 0.567. The Bertz CT molecular complexity index is 1260. The molecule has 2 aliphatic rings. The first-order valence-corrected chi connectivity index (χ1v) is 14.9. The first kappa shape index (κ1) is 31.2. The quantitative estimate of drug-likeness (QED) is 0.264. The van der Waals surface area contributed by atoms with Crippen molar-refractivity contribution in [3.63, 3.8) is 0 Å². The van der Waals surface area contributed by atoms with Gasteiger partial charge >= 0.3 is 6.18 Å². The summed E-state index contributed by atoms with van der Waals surface area (Å²) >= 11 is 0. The lowest BCUT2D eigenvalue weighted by Crippen LogP contribution is -2.48. The van der Waals surface area contributed by atoms with Crippen LogP contribution in [-0.4, -0.2) is 25.1 Å². The van der Waals surface area contributed by atoms with Gasteiger partial charge in [-0.1, -0.05) is 42.9 Å². The summed E-state index contributed by atoms with van der Waals surface area (Å²) in [7, 11) is -3.94. The van der Waals surface area contributed by atoms with Crippen molar-refractivity contribution >= 4 is 15.6 Å². The van der Waals surface area contributed by atoms with Gasteiger partial charge < -0.3 is 0 Å². The lowest BCUT2D eigenvalue weighted by molar-refractivity contribution is -0.127. The normalized spacial score (nSPS) is 21.2. The summed E-state index contributed by atoms with van der Waals surface area (Å²) in [5, 5.41) is 0. The molecule has 3 nitrogen and oxygen atoms in total. The van der Waals surface area contributed by atoms with Crippen LogP contribution in [0, 0.1) is 11.8 Å². The molecular formula is C30H37F5O3S. The molecule has 3 rings (SSSR count). The lowest BCUT2D eigenvalue weighted by atomic mass is 9.67. The lowest BCUT2D eigenvalue weighted by Gasteiger charge is -2.44. The molecule has 0 heterocycles. The van der Waals surface area contributed by atoms with E-state index in [0.29, 0.717) is 38.5 Å². The van der Waals surface area contributed by atoms with E-state index in [0.717, 1.165) is 23.3 Å². The van der Waals surface area contributed by atoms with E-state index in [2.05, 4.69) is 0 Å². The van der Waals surface area contributed by atoms with Gasteiger partial charge in [0, 0.05) is 24.3 Å². The molecule has 0 radical (unpaired) electrons. The van der Waals surface area contributed by atoms with Crippen LogP contribution < -0.4 is 0 Å². The van der Waals surface area contributed by atoms with Crippen molar-refractivity contribution in [2.24, 2.45) is 11.8 Å². The molecular weight excluding hydrogens is 535 g/mol. The van der Waals surface area contributed by atoms with E-state index in [-0.39, 0.29) is 34.5 Å². The minimum absolute atomic E-state index is 0.0213. The van der Waals surface area contributed by atoms with E-state index in [1.165, 1.54) is 37.3 Å². The molecule has 2 aliphatic carbocycles. The molecule has 39 heavy (non-hydrogen) atoms. The fourth-order valence-electron chi connectivity index (χ4n) is 5.24. The van der Waals surface area contributed by atoms with Crippen LogP contribution in [0.15, 0.2) is 64.1 Å². The minimum Gasteiger partial charge on any atom is -0.299 e. The average molecular weight is 573 g/mol. The molecule has 1 aromatic carbocycles. The first-order valence-electron chi connectivity index (χ1n) is 13.4. The predicted molar refractivity (Wildman–Crippen MR) is 142 cm³/mol. The summed E-state index contributed by atoms with van der Waals surface area (Å²) in [5.74, 6) is -3.67. The molecule has 0 aromatic heterocycles. The van der Waals surface area contributed by atoms with Gasteiger partial charge in [0.15, 0.2) is 9.84 Å². The van der Waals surface area contributed by atoms with Crippen LogP contribution in [0.3, 0.4) is 0 Å². The molecule has 1 fully saturated rings. The monoisotopic (exact) mass is 572 g/mol. The zero-order valence-corrected chi connectivity index (χ0v) is 23.7. The number of Topliss-reactive ketones (excluding diaryl/α,β-unsaturated/α-hetero) is 1. The highest BCUT2D eigenvalue weighted by Crippen LogP contribution is 2.47. The third-order valence-electron chi connectivity index (χ3n) is 8.37. The highest BCUT2D eigenvalue weighted by atomic mass is 32.2. The van der Waals surface area contributed by atoms with Gasteiger partial charge in [-0.25, -0.2) is 17.2 Å². The summed E-state index contributed by atoms with van der Waals surface area (Å²) < 4.78 is 93.3. The predicted octanol–water partition coefficient (Wildman–Crippen LogP) is 8.66. The summed E-state index contributed by atoms with van der Waals surface area (Å²) in [4.78, 5) is 12.7. The number of hydrogen-bond donors (Lipinski definition) is 0. The molecule has 1 aromatic rings. The number of halogens is 5. The van der Waals surface area contributed by atoms with Crippen LogP contribution in [0.5, 0.6) is 0 Å². The van der Waals surface area contributed by atoms with Crippen molar-refractivity contribution in [1.82, 2.24) is 0 Å². The van der Waals surface area contributed by atoms with Crippen LogP contribution in [0.4, 0.5) is 22.0 Å². The topological polar surface area (TPSA) is 51.2 Å². The number of hydrogen-bond acceptors (Lipinski definition) is 3. The molecule has 9 heteroatoms. The molecule has 0 aliphatic heterocycles. The number of alkyl halides is 5. The smallest absolute Gasteiger partial charge is 0.299 e. The Balaban J connectivity index is 1.58. The Kier molecular flexibility index (Phi) is 9.35. The summed E-state index contributed by atoms with van der Waals surface area (Å²) in [6, 6.07) is 4.94. The van der Waals surface area contributed by atoms with E-state index >= 15 is 0 Å². The van der Waals surface area contributed by atoms with Gasteiger partial charge in [-0.2, -0.15) is 13.2 Å². The maximum atomic E-state index is 14.2. The van der Waals surface area contributed by atoms with Crippen LogP contribution in [0.25, 0.3) is 0 Å². The van der Waals surface area contributed by atoms with Gasteiger partial charge in [0.1, 0.15) is 5.78 Å². The molecule has 0 unspecified atom stereocenters. The van der Waals surface area contributed by atoms with Crippen LogP contribution in [-0.2, 0) is 20.6 Å². The Morgan fingerprint density at radius 1 is 1.05 bits per heavy atom. The van der Waals surface area contributed by atoms with Gasteiger partial charge in [0.05, 0.1) is 15.2 Å². The average Bonchev–Trinajstić information content (AvgIpc) is 2.81. The number of rotatable bonds is 10. The van der Waals surface area contributed by atoms with Crippen molar-refractivity contribution in [3.8, 4) is 0 Å². The highest BCUT2D eigenvalue weighted by Gasteiger charge is 2.50. The zero-order chi connectivity index (χ0) is 29.2. The van der Waals surface area contributed by atoms with E-state index in [1.807, 2.05) is 6.92 Å². The number of carbonyl (C=O) groups excluding carboxylic acids is 1. The minimum atomic E-state index is -4.39. The van der Waals surface area contributed by atoms with Crippen molar-refractivity contribution in [1.29, 1.82) is 0 Å². The summed E-state index contributed by atoms with van der Waals surface area (Å²) in [6.45, 7) is 6.40. The molecule has 0 bridgehead atoms. The van der Waals surface area contributed by atoms with E-state index in [4.69, 9.17) is 0 Å². The van der Waals surface area contributed by atoms with Crippen molar-refractivity contribution in [2.75, 3.05) is 0 Å². The molecule has 0 saturated heterocycles. The summed E-state index contributed by atoms with van der Waals surface area (Å²) in [6.07, 6.45) is 1.86. The molecule has 0 atom stereocenters. The fourth-order valence-corrected chi connectivity index (χ4v) is 7.01. The largest absolute Gasteiger partial charge is 0.416 e. The third-order valence-corrected chi connectivity index (χ3v) is 11.0. The van der Waals surface area contributed by atoms with Gasteiger partial charge in [-0.15, -0.1) is 0 Å². The number of carbonyl (C=O) groups is 1. The molecule has 1 saturated carbocycles. The van der Waals surface area contributed by atoms with E-state index in [1.54, 1.807) is 13.8 Å². The van der Waals surface area contributed by atoms with Gasteiger partial charge in [0.25, 0.3) is 5.92 Å². The van der Waals surface area contributed by atoms with Crippen LogP contribution in [0.2, 0.25) is 0 Å². The standard InChI is InChI=1S/C30H37F5O3S/c1-5-29(31,32)24-12-8-13-26(19-24)39(37,38)28(3,4)25-17-22(18-25)27(36)14-7-10-21-15-16-23(30(33,34)35)11-6-9-20(21)2/h8,11-13,15-16,19,22,25H,5-7,9-10,14,17-18H2,1-4H3. The molecule has 0 N–H and O–H groups in total. The van der Waals surface area contributed by atoms with Crippen molar-refractivity contribution < 1.29 is 35.2 Å². The molecule has 0 amide bonds. The Labute approximate surface area is 228 Å². The van der Waals surface area contributed by atoms with E-state index < -0.39 is 38.7 Å². The number of allylic oxidation sites excluding steroid dienone is 6. The van der Waals surface area contributed by atoms with Crippen LogP contribution >= 0.6 is 0 Å². The first-order chi connectivity index (χ1) is 18.0. The third kappa shape index (κ3) is 6.90. The Morgan fingerprint density at radius 2 is 1.72 bits per heavy atom. The Morgan fingerprint density at radius 3 is 2.33 bits per heavy atom. The van der Waals surface area contributed by atoms with Crippen molar-refractivity contribution in [2.45, 2.75) is 101 Å². The second-order valence-electron chi connectivity index (χ2n) is 11.2. The second-order valence-corrected chi connectivity index (χ2v) is 13.7. The van der Waals surface area contributed by atoms with Crippen molar-refractivity contribution in [3.05, 3.63) is 64.8 Å².